The highest BCUT2D eigenvalue weighted by Gasteiger charge is 2.24. The third-order valence-corrected chi connectivity index (χ3v) is 4.34. The van der Waals surface area contributed by atoms with Crippen LogP contribution in [-0.4, -0.2) is 44.5 Å². The first-order valence-corrected chi connectivity index (χ1v) is 8.21. The molecule has 7 heteroatoms. The maximum Gasteiger partial charge on any atom is 0.0972 e. The van der Waals surface area contributed by atoms with Crippen molar-refractivity contribution in [1.82, 2.24) is 30.2 Å². The first kappa shape index (κ1) is 17.5. The monoisotopic (exact) mass is 356 g/mol. The summed E-state index contributed by atoms with van der Waals surface area (Å²) in [7, 11) is 0. The van der Waals surface area contributed by atoms with E-state index in [4.69, 9.17) is 0 Å². The summed E-state index contributed by atoms with van der Waals surface area (Å²) in [6.07, 6.45) is 5.57. The van der Waals surface area contributed by atoms with Crippen molar-refractivity contribution in [2.24, 2.45) is 0 Å². The normalized spacial score (nSPS) is 17.8. The number of hydrogen-bond donors (Lipinski definition) is 1. The quantitative estimate of drug-likeness (QED) is 0.776. The molecule has 1 fully saturated rings. The molecule has 2 aromatic heterocycles. The zero-order valence-electron chi connectivity index (χ0n) is 13.8. The second-order valence-electron chi connectivity index (χ2n) is 5.93. The Balaban J connectivity index is 0.00000182. The number of nitrogens with zero attached hydrogens (tertiary/aromatic N) is 5. The van der Waals surface area contributed by atoms with Gasteiger partial charge in [0.05, 0.1) is 17.6 Å². The SMILES string of the molecule is Cl.c1ccc(-n2ncc(CN3CCNCC3c3ccncc3)n2)cc1. The van der Waals surface area contributed by atoms with E-state index in [-0.39, 0.29) is 12.4 Å². The number of nitrogens with one attached hydrogen (secondary N) is 1. The average molecular weight is 357 g/mol. The van der Waals surface area contributed by atoms with E-state index in [1.165, 1.54) is 5.56 Å². The molecule has 4 rings (SSSR count). The highest BCUT2D eigenvalue weighted by atomic mass is 35.5. The largest absolute Gasteiger partial charge is 0.314 e. The summed E-state index contributed by atoms with van der Waals surface area (Å²) < 4.78 is 0. The minimum Gasteiger partial charge on any atom is -0.314 e. The maximum absolute atomic E-state index is 4.63. The molecule has 130 valence electrons. The lowest BCUT2D eigenvalue weighted by Crippen LogP contribution is -2.45. The number of piperazine rings is 1. The Morgan fingerprint density at radius 2 is 1.88 bits per heavy atom. The van der Waals surface area contributed by atoms with Crippen molar-refractivity contribution in [1.29, 1.82) is 0 Å². The Labute approximate surface area is 153 Å². The van der Waals surface area contributed by atoms with Crippen molar-refractivity contribution in [3.05, 3.63) is 72.3 Å². The van der Waals surface area contributed by atoms with E-state index in [2.05, 4.69) is 37.5 Å². The molecule has 0 radical (unpaired) electrons. The Hall–Kier alpha value is -2.28. The van der Waals surface area contributed by atoms with Gasteiger partial charge in [-0.3, -0.25) is 9.88 Å². The molecule has 0 bridgehead atoms. The first-order valence-electron chi connectivity index (χ1n) is 8.21. The summed E-state index contributed by atoms with van der Waals surface area (Å²) in [5, 5.41) is 12.5. The van der Waals surface area contributed by atoms with Crippen LogP contribution in [0, 0.1) is 0 Å². The summed E-state index contributed by atoms with van der Waals surface area (Å²) in [6.45, 7) is 3.72. The lowest BCUT2D eigenvalue weighted by Gasteiger charge is -2.35. The molecule has 0 aliphatic carbocycles. The fourth-order valence-electron chi connectivity index (χ4n) is 3.11. The predicted molar refractivity (Wildman–Crippen MR) is 98.9 cm³/mol. The molecular weight excluding hydrogens is 336 g/mol. The van der Waals surface area contributed by atoms with E-state index < -0.39 is 0 Å². The van der Waals surface area contributed by atoms with Crippen molar-refractivity contribution in [3.63, 3.8) is 0 Å². The molecule has 0 saturated carbocycles. The fraction of sp³-hybridized carbons (Fsp3) is 0.278. The van der Waals surface area contributed by atoms with Crippen LogP contribution < -0.4 is 5.32 Å². The summed E-state index contributed by atoms with van der Waals surface area (Å²) in [5.41, 5.74) is 3.25. The minimum atomic E-state index is 0. The average Bonchev–Trinajstić information content (AvgIpc) is 3.12. The first-order chi connectivity index (χ1) is 11.9. The summed E-state index contributed by atoms with van der Waals surface area (Å²) in [4.78, 5) is 8.26. The second-order valence-corrected chi connectivity index (χ2v) is 5.93. The van der Waals surface area contributed by atoms with Crippen LogP contribution in [0.25, 0.3) is 5.69 Å². The molecule has 1 atom stereocenters. The van der Waals surface area contributed by atoms with Gasteiger partial charge in [-0.2, -0.15) is 15.0 Å². The van der Waals surface area contributed by atoms with E-state index in [0.29, 0.717) is 6.04 Å². The van der Waals surface area contributed by atoms with Crippen LogP contribution in [0.5, 0.6) is 0 Å². The molecule has 3 heterocycles. The second kappa shape index (κ2) is 8.20. The fourth-order valence-corrected chi connectivity index (χ4v) is 3.11. The Bertz CT molecular complexity index is 777. The molecule has 0 spiro atoms. The van der Waals surface area contributed by atoms with Gasteiger partial charge in [-0.25, -0.2) is 0 Å². The van der Waals surface area contributed by atoms with Gasteiger partial charge < -0.3 is 5.32 Å². The zero-order valence-corrected chi connectivity index (χ0v) is 14.6. The molecular formula is C18H21ClN6. The van der Waals surface area contributed by atoms with Gasteiger partial charge in [-0.1, -0.05) is 18.2 Å². The van der Waals surface area contributed by atoms with E-state index in [1.807, 2.05) is 48.9 Å². The molecule has 1 saturated heterocycles. The number of hydrogen-bond acceptors (Lipinski definition) is 5. The van der Waals surface area contributed by atoms with Crippen LogP contribution in [0.3, 0.4) is 0 Å². The predicted octanol–water partition coefficient (Wildman–Crippen LogP) is 2.23. The van der Waals surface area contributed by atoms with Crippen LogP contribution in [0.15, 0.2) is 61.1 Å². The van der Waals surface area contributed by atoms with Gasteiger partial charge in [0, 0.05) is 44.6 Å². The van der Waals surface area contributed by atoms with E-state index in [1.54, 1.807) is 4.80 Å². The molecule has 1 aliphatic heterocycles. The van der Waals surface area contributed by atoms with Crippen LogP contribution >= 0.6 is 12.4 Å². The highest BCUT2D eigenvalue weighted by Crippen LogP contribution is 2.23. The van der Waals surface area contributed by atoms with Crippen LogP contribution in [-0.2, 0) is 6.54 Å². The molecule has 1 aliphatic rings. The Kier molecular flexibility index (Phi) is 5.75. The molecule has 25 heavy (non-hydrogen) atoms. The maximum atomic E-state index is 4.63. The molecule has 3 aromatic rings. The zero-order chi connectivity index (χ0) is 16.2. The lowest BCUT2D eigenvalue weighted by molar-refractivity contribution is 0.151. The van der Waals surface area contributed by atoms with Gasteiger partial charge in [0.1, 0.15) is 0 Å². The highest BCUT2D eigenvalue weighted by molar-refractivity contribution is 5.85. The van der Waals surface area contributed by atoms with Gasteiger partial charge in [0.25, 0.3) is 0 Å². The molecule has 6 nitrogen and oxygen atoms in total. The summed E-state index contributed by atoms with van der Waals surface area (Å²) in [6, 6.07) is 14.5. The van der Waals surface area contributed by atoms with Gasteiger partial charge in [-0.05, 0) is 29.8 Å². The number of halogens is 1. The number of pyridine rings is 1. The third-order valence-electron chi connectivity index (χ3n) is 4.34. The van der Waals surface area contributed by atoms with E-state index in [9.17, 15) is 0 Å². The molecule has 1 aromatic carbocycles. The van der Waals surface area contributed by atoms with Gasteiger partial charge in [-0.15, -0.1) is 12.4 Å². The molecule has 0 amide bonds. The van der Waals surface area contributed by atoms with Crippen LogP contribution in [0.4, 0.5) is 0 Å². The number of para-hydroxylation sites is 1. The molecule has 1 unspecified atom stereocenters. The van der Waals surface area contributed by atoms with Gasteiger partial charge in [0.2, 0.25) is 0 Å². The number of benzene rings is 1. The standard InChI is InChI=1S/C18H20N6.ClH/c1-2-4-17(5-3-1)24-21-12-16(22-24)14-23-11-10-20-13-18(23)15-6-8-19-9-7-15;/h1-9,12,18,20H,10-11,13-14H2;1H. The van der Waals surface area contributed by atoms with Crippen molar-refractivity contribution in [2.45, 2.75) is 12.6 Å². The van der Waals surface area contributed by atoms with Gasteiger partial charge in [0.15, 0.2) is 0 Å². The van der Waals surface area contributed by atoms with E-state index in [0.717, 1.165) is 37.6 Å². The lowest BCUT2D eigenvalue weighted by atomic mass is 10.0. The van der Waals surface area contributed by atoms with E-state index >= 15 is 0 Å². The number of aromatic nitrogens is 4. The van der Waals surface area contributed by atoms with Crippen LogP contribution in [0.1, 0.15) is 17.3 Å². The molecule has 1 N–H and O–H groups in total. The number of rotatable bonds is 4. The van der Waals surface area contributed by atoms with Crippen LogP contribution in [0.2, 0.25) is 0 Å². The van der Waals surface area contributed by atoms with Crippen molar-refractivity contribution >= 4 is 12.4 Å². The van der Waals surface area contributed by atoms with Crippen molar-refractivity contribution < 1.29 is 0 Å². The Morgan fingerprint density at radius 1 is 1.08 bits per heavy atom. The third kappa shape index (κ3) is 4.04. The smallest absolute Gasteiger partial charge is 0.0972 e. The Morgan fingerprint density at radius 3 is 2.68 bits per heavy atom. The van der Waals surface area contributed by atoms with Crippen molar-refractivity contribution in [2.75, 3.05) is 19.6 Å². The summed E-state index contributed by atoms with van der Waals surface area (Å²) >= 11 is 0. The summed E-state index contributed by atoms with van der Waals surface area (Å²) in [5.74, 6) is 0. The minimum absolute atomic E-state index is 0. The topological polar surface area (TPSA) is 58.9 Å². The van der Waals surface area contributed by atoms with Gasteiger partial charge >= 0.3 is 0 Å². The van der Waals surface area contributed by atoms with Crippen molar-refractivity contribution in [3.8, 4) is 5.69 Å².